The predicted molar refractivity (Wildman–Crippen MR) is 109 cm³/mol. The Morgan fingerprint density at radius 3 is 2.37 bits per heavy atom. The van der Waals surface area contributed by atoms with Crippen molar-refractivity contribution in [1.29, 1.82) is 0 Å². The summed E-state index contributed by atoms with van der Waals surface area (Å²) < 4.78 is 10.7. The van der Waals surface area contributed by atoms with Crippen LogP contribution in [0.15, 0.2) is 36.4 Å². The highest BCUT2D eigenvalue weighted by molar-refractivity contribution is 6.35. The lowest BCUT2D eigenvalue weighted by Gasteiger charge is -2.20. The normalized spacial score (nSPS) is 13.0. The molecule has 0 saturated heterocycles. The van der Waals surface area contributed by atoms with Crippen LogP contribution in [0.25, 0.3) is 0 Å². The molecule has 27 heavy (non-hydrogen) atoms. The number of hydrogen-bond donors (Lipinski definition) is 2. The first-order chi connectivity index (χ1) is 12.8. The third kappa shape index (κ3) is 5.76. The fraction of sp³-hybridized carbons (Fsp3) is 0.350. The third-order valence-corrected chi connectivity index (χ3v) is 4.84. The van der Waals surface area contributed by atoms with Crippen LogP contribution in [-0.4, -0.2) is 26.7 Å². The van der Waals surface area contributed by atoms with E-state index < -0.39 is 0 Å². The molecule has 0 aliphatic carbocycles. The molecule has 5 nitrogen and oxygen atoms in total. The zero-order chi connectivity index (χ0) is 20.0. The SMILES string of the molecule is COc1ccc(OC)c([C@@H](C)NCC(=O)N[C@H](C)c2ccc(Cl)cc2Cl)c1. The first-order valence-corrected chi connectivity index (χ1v) is 9.31. The molecule has 0 spiro atoms. The summed E-state index contributed by atoms with van der Waals surface area (Å²) in [6.07, 6.45) is 0. The predicted octanol–water partition coefficient (Wildman–Crippen LogP) is 4.54. The molecular weight excluding hydrogens is 387 g/mol. The molecule has 0 bridgehead atoms. The number of methoxy groups -OCH3 is 2. The van der Waals surface area contributed by atoms with Crippen molar-refractivity contribution in [2.45, 2.75) is 25.9 Å². The first-order valence-electron chi connectivity index (χ1n) is 8.55. The molecule has 0 saturated carbocycles. The number of ether oxygens (including phenoxy) is 2. The van der Waals surface area contributed by atoms with Crippen molar-refractivity contribution in [3.63, 3.8) is 0 Å². The van der Waals surface area contributed by atoms with Gasteiger partial charge in [-0.05, 0) is 49.7 Å². The summed E-state index contributed by atoms with van der Waals surface area (Å²) in [6.45, 7) is 3.99. The van der Waals surface area contributed by atoms with Crippen molar-refractivity contribution in [1.82, 2.24) is 10.6 Å². The van der Waals surface area contributed by atoms with Gasteiger partial charge in [-0.15, -0.1) is 0 Å². The summed E-state index contributed by atoms with van der Waals surface area (Å²) in [5, 5.41) is 7.22. The number of carbonyl (C=O) groups is 1. The minimum absolute atomic E-state index is 0.102. The van der Waals surface area contributed by atoms with Crippen LogP contribution in [0.2, 0.25) is 10.0 Å². The van der Waals surface area contributed by atoms with E-state index in [1.54, 1.807) is 26.4 Å². The summed E-state index contributed by atoms with van der Waals surface area (Å²) >= 11 is 12.1. The average Bonchev–Trinajstić information content (AvgIpc) is 2.65. The molecule has 2 atom stereocenters. The van der Waals surface area contributed by atoms with Crippen molar-refractivity contribution in [3.05, 3.63) is 57.6 Å². The molecule has 0 unspecified atom stereocenters. The topological polar surface area (TPSA) is 59.6 Å². The van der Waals surface area contributed by atoms with E-state index in [1.165, 1.54) is 0 Å². The van der Waals surface area contributed by atoms with E-state index in [9.17, 15) is 4.79 Å². The second-order valence-corrected chi connectivity index (χ2v) is 7.01. The van der Waals surface area contributed by atoms with Crippen molar-refractivity contribution in [2.24, 2.45) is 0 Å². The second kappa shape index (κ2) is 9.83. The van der Waals surface area contributed by atoms with E-state index in [0.29, 0.717) is 10.0 Å². The molecule has 0 heterocycles. The molecular formula is C20H24Cl2N2O3. The van der Waals surface area contributed by atoms with Gasteiger partial charge in [0.1, 0.15) is 11.5 Å². The van der Waals surface area contributed by atoms with Crippen molar-refractivity contribution < 1.29 is 14.3 Å². The standard InChI is InChI=1S/C20H24Cl2N2O3/c1-12(17-10-15(26-3)6-8-19(17)27-4)23-11-20(25)24-13(2)16-7-5-14(21)9-18(16)22/h5-10,12-13,23H,11H2,1-4H3,(H,24,25)/t12-,13-/m1/s1. The van der Waals surface area contributed by atoms with Gasteiger partial charge in [-0.1, -0.05) is 29.3 Å². The highest BCUT2D eigenvalue weighted by atomic mass is 35.5. The Kier molecular flexibility index (Phi) is 7.78. The van der Waals surface area contributed by atoms with Gasteiger partial charge in [-0.3, -0.25) is 4.79 Å². The largest absolute Gasteiger partial charge is 0.497 e. The van der Waals surface area contributed by atoms with Crippen LogP contribution in [0.4, 0.5) is 0 Å². The quantitative estimate of drug-likeness (QED) is 0.670. The van der Waals surface area contributed by atoms with E-state index >= 15 is 0 Å². The Hall–Kier alpha value is -1.95. The van der Waals surface area contributed by atoms with Gasteiger partial charge in [-0.2, -0.15) is 0 Å². The van der Waals surface area contributed by atoms with Gasteiger partial charge in [0.15, 0.2) is 0 Å². The summed E-state index contributed by atoms with van der Waals surface area (Å²) in [7, 11) is 3.22. The smallest absolute Gasteiger partial charge is 0.234 e. The van der Waals surface area contributed by atoms with Crippen LogP contribution >= 0.6 is 23.2 Å². The lowest BCUT2D eigenvalue weighted by Crippen LogP contribution is -2.36. The van der Waals surface area contributed by atoms with E-state index in [-0.39, 0.29) is 24.5 Å². The number of benzene rings is 2. The van der Waals surface area contributed by atoms with Crippen LogP contribution in [0.5, 0.6) is 11.5 Å². The molecule has 2 aromatic carbocycles. The van der Waals surface area contributed by atoms with Gasteiger partial charge in [0, 0.05) is 21.7 Å². The number of rotatable bonds is 8. The molecule has 146 valence electrons. The van der Waals surface area contributed by atoms with Gasteiger partial charge in [0.05, 0.1) is 26.8 Å². The van der Waals surface area contributed by atoms with Gasteiger partial charge in [-0.25, -0.2) is 0 Å². The molecule has 2 rings (SSSR count). The van der Waals surface area contributed by atoms with Crippen molar-refractivity contribution in [3.8, 4) is 11.5 Å². The zero-order valence-electron chi connectivity index (χ0n) is 15.8. The summed E-state index contributed by atoms with van der Waals surface area (Å²) in [5.74, 6) is 1.33. The maximum atomic E-state index is 12.3. The lowest BCUT2D eigenvalue weighted by atomic mass is 10.1. The van der Waals surface area contributed by atoms with Crippen molar-refractivity contribution >= 4 is 29.1 Å². The molecule has 2 aromatic rings. The highest BCUT2D eigenvalue weighted by Crippen LogP contribution is 2.29. The van der Waals surface area contributed by atoms with Crippen molar-refractivity contribution in [2.75, 3.05) is 20.8 Å². The number of hydrogen-bond acceptors (Lipinski definition) is 4. The van der Waals surface area contributed by atoms with Gasteiger partial charge < -0.3 is 20.1 Å². The molecule has 2 N–H and O–H groups in total. The van der Waals surface area contributed by atoms with E-state index in [2.05, 4.69) is 10.6 Å². The minimum Gasteiger partial charge on any atom is -0.497 e. The lowest BCUT2D eigenvalue weighted by molar-refractivity contribution is -0.121. The maximum Gasteiger partial charge on any atom is 0.234 e. The van der Waals surface area contributed by atoms with E-state index in [1.807, 2.05) is 38.1 Å². The summed E-state index contributed by atoms with van der Waals surface area (Å²) in [4.78, 5) is 12.3. The number of halogens is 2. The molecule has 7 heteroatoms. The molecule has 0 aliphatic rings. The number of carbonyl (C=O) groups excluding carboxylic acids is 1. The minimum atomic E-state index is -0.231. The monoisotopic (exact) mass is 410 g/mol. The van der Waals surface area contributed by atoms with Crippen LogP contribution in [0.3, 0.4) is 0 Å². The first kappa shape index (κ1) is 21.4. The van der Waals surface area contributed by atoms with Gasteiger partial charge >= 0.3 is 0 Å². The Bertz CT molecular complexity index is 799. The second-order valence-electron chi connectivity index (χ2n) is 6.17. The fourth-order valence-electron chi connectivity index (χ4n) is 2.76. The maximum absolute atomic E-state index is 12.3. The zero-order valence-corrected chi connectivity index (χ0v) is 17.3. The molecule has 0 fully saturated rings. The summed E-state index contributed by atoms with van der Waals surface area (Å²) in [6, 6.07) is 10.5. The van der Waals surface area contributed by atoms with Gasteiger partial charge in [0.2, 0.25) is 5.91 Å². The molecule has 0 aliphatic heterocycles. The number of amides is 1. The van der Waals surface area contributed by atoms with Gasteiger partial charge in [0.25, 0.3) is 0 Å². The Morgan fingerprint density at radius 1 is 1.00 bits per heavy atom. The Balaban J connectivity index is 1.97. The number of nitrogens with one attached hydrogen (secondary N) is 2. The highest BCUT2D eigenvalue weighted by Gasteiger charge is 2.16. The molecule has 0 aromatic heterocycles. The van der Waals surface area contributed by atoms with Crippen LogP contribution in [-0.2, 0) is 4.79 Å². The molecule has 0 radical (unpaired) electrons. The Labute approximate surface area is 170 Å². The average molecular weight is 411 g/mol. The van der Waals surface area contributed by atoms with Crippen LogP contribution in [0.1, 0.15) is 37.1 Å². The van der Waals surface area contributed by atoms with E-state index in [4.69, 9.17) is 32.7 Å². The molecule has 1 amide bonds. The van der Waals surface area contributed by atoms with Crippen LogP contribution < -0.4 is 20.1 Å². The van der Waals surface area contributed by atoms with Crippen LogP contribution in [0, 0.1) is 0 Å². The fourth-order valence-corrected chi connectivity index (χ4v) is 3.33. The Morgan fingerprint density at radius 2 is 1.74 bits per heavy atom. The summed E-state index contributed by atoms with van der Waals surface area (Å²) in [5.41, 5.74) is 1.73. The third-order valence-electron chi connectivity index (χ3n) is 4.28. The van der Waals surface area contributed by atoms with E-state index in [0.717, 1.165) is 22.6 Å².